The van der Waals surface area contributed by atoms with Crippen LogP contribution in [0.25, 0.3) is 0 Å². The van der Waals surface area contributed by atoms with Crippen molar-refractivity contribution >= 4 is 27.3 Å². The van der Waals surface area contributed by atoms with Gasteiger partial charge >= 0.3 is 0 Å². The SMILES string of the molecule is CCC(=O)N1CCc2sc(S(=O)(=O)NCc3ccc(C)cc3)cc2C1. The van der Waals surface area contributed by atoms with Gasteiger partial charge in [0.1, 0.15) is 4.21 Å². The van der Waals surface area contributed by atoms with Gasteiger partial charge in [-0.3, -0.25) is 4.79 Å². The molecular weight excluding hydrogens is 356 g/mol. The minimum atomic E-state index is -3.54. The molecule has 0 bridgehead atoms. The average molecular weight is 379 g/mol. The second-order valence-corrected chi connectivity index (χ2v) is 9.37. The number of benzene rings is 1. The zero-order valence-electron chi connectivity index (χ0n) is 14.4. The molecule has 0 aliphatic carbocycles. The quantitative estimate of drug-likeness (QED) is 0.870. The number of rotatable bonds is 5. The molecule has 2 aromatic rings. The van der Waals surface area contributed by atoms with Crippen molar-refractivity contribution in [2.45, 2.75) is 44.0 Å². The predicted molar refractivity (Wildman–Crippen MR) is 98.9 cm³/mol. The van der Waals surface area contributed by atoms with E-state index in [0.29, 0.717) is 23.7 Å². The number of nitrogens with one attached hydrogen (secondary N) is 1. The molecule has 134 valence electrons. The topological polar surface area (TPSA) is 66.5 Å². The maximum atomic E-state index is 12.6. The molecule has 0 saturated heterocycles. The van der Waals surface area contributed by atoms with Crippen LogP contribution in [0.2, 0.25) is 0 Å². The van der Waals surface area contributed by atoms with E-state index in [9.17, 15) is 13.2 Å². The Kier molecular flexibility index (Phi) is 5.27. The summed E-state index contributed by atoms with van der Waals surface area (Å²) in [6.07, 6.45) is 1.20. The summed E-state index contributed by atoms with van der Waals surface area (Å²) in [4.78, 5) is 14.7. The second kappa shape index (κ2) is 7.27. The fraction of sp³-hybridized carbons (Fsp3) is 0.389. The van der Waals surface area contributed by atoms with Crippen LogP contribution < -0.4 is 4.72 Å². The number of carbonyl (C=O) groups is 1. The lowest BCUT2D eigenvalue weighted by atomic mass is 10.1. The number of sulfonamides is 1. The van der Waals surface area contributed by atoms with Crippen molar-refractivity contribution in [2.75, 3.05) is 6.54 Å². The molecule has 1 aliphatic rings. The first-order valence-electron chi connectivity index (χ1n) is 8.33. The van der Waals surface area contributed by atoms with Gasteiger partial charge in [0.15, 0.2) is 0 Å². The predicted octanol–water partition coefficient (Wildman–Crippen LogP) is 2.83. The number of amides is 1. The summed E-state index contributed by atoms with van der Waals surface area (Å²) in [7, 11) is -3.54. The molecular formula is C18H22N2O3S2. The molecule has 1 amide bonds. The van der Waals surface area contributed by atoms with Crippen molar-refractivity contribution in [1.82, 2.24) is 9.62 Å². The van der Waals surface area contributed by atoms with Gasteiger partial charge in [-0.25, -0.2) is 13.1 Å². The van der Waals surface area contributed by atoms with Crippen LogP contribution >= 0.6 is 11.3 Å². The molecule has 5 nitrogen and oxygen atoms in total. The summed E-state index contributed by atoms with van der Waals surface area (Å²) in [6.45, 7) is 5.28. The van der Waals surface area contributed by atoms with Crippen LogP contribution in [-0.4, -0.2) is 25.8 Å². The number of nitrogens with zero attached hydrogens (tertiary/aromatic N) is 1. The van der Waals surface area contributed by atoms with Crippen molar-refractivity contribution < 1.29 is 13.2 Å². The summed E-state index contributed by atoms with van der Waals surface area (Å²) >= 11 is 1.31. The van der Waals surface area contributed by atoms with Gasteiger partial charge < -0.3 is 4.90 Å². The van der Waals surface area contributed by atoms with Crippen LogP contribution in [0.4, 0.5) is 0 Å². The van der Waals surface area contributed by atoms with E-state index in [1.54, 1.807) is 11.0 Å². The van der Waals surface area contributed by atoms with Gasteiger partial charge in [0.05, 0.1) is 0 Å². The Morgan fingerprint density at radius 1 is 1.28 bits per heavy atom. The summed E-state index contributed by atoms with van der Waals surface area (Å²) < 4.78 is 28.2. The lowest BCUT2D eigenvalue weighted by Gasteiger charge is -2.26. The van der Waals surface area contributed by atoms with Crippen molar-refractivity contribution in [3.05, 3.63) is 51.9 Å². The van der Waals surface area contributed by atoms with Crippen LogP contribution in [0.15, 0.2) is 34.5 Å². The van der Waals surface area contributed by atoms with Crippen LogP contribution in [0, 0.1) is 6.92 Å². The van der Waals surface area contributed by atoms with Crippen LogP contribution in [0.3, 0.4) is 0 Å². The molecule has 0 fully saturated rings. The van der Waals surface area contributed by atoms with Crippen LogP contribution in [-0.2, 0) is 34.3 Å². The third kappa shape index (κ3) is 4.11. The van der Waals surface area contributed by atoms with Crippen LogP contribution in [0.1, 0.15) is 34.9 Å². The van der Waals surface area contributed by atoms with E-state index in [1.165, 1.54) is 11.3 Å². The summed E-state index contributed by atoms with van der Waals surface area (Å²) in [6, 6.07) is 9.49. The van der Waals surface area contributed by atoms with Crippen LogP contribution in [0.5, 0.6) is 0 Å². The Morgan fingerprint density at radius 2 is 2.00 bits per heavy atom. The lowest BCUT2D eigenvalue weighted by molar-refractivity contribution is -0.131. The number of aryl methyl sites for hydroxylation is 1. The zero-order valence-corrected chi connectivity index (χ0v) is 16.0. The Morgan fingerprint density at radius 3 is 2.68 bits per heavy atom. The van der Waals surface area contributed by atoms with E-state index in [0.717, 1.165) is 28.0 Å². The fourth-order valence-corrected chi connectivity index (χ4v) is 5.44. The average Bonchev–Trinajstić information content (AvgIpc) is 3.05. The monoisotopic (exact) mass is 378 g/mol. The Bertz CT molecular complexity index is 870. The third-order valence-corrected chi connectivity index (χ3v) is 7.46. The molecule has 25 heavy (non-hydrogen) atoms. The first-order chi connectivity index (χ1) is 11.9. The summed E-state index contributed by atoms with van der Waals surface area (Å²) in [5.41, 5.74) is 3.02. The zero-order chi connectivity index (χ0) is 18.0. The van der Waals surface area contributed by atoms with Gasteiger partial charge in [0.2, 0.25) is 15.9 Å². The highest BCUT2D eigenvalue weighted by Gasteiger charge is 2.25. The molecule has 7 heteroatoms. The maximum Gasteiger partial charge on any atom is 0.250 e. The van der Waals surface area contributed by atoms with E-state index < -0.39 is 10.0 Å². The van der Waals surface area contributed by atoms with E-state index in [1.807, 2.05) is 38.1 Å². The van der Waals surface area contributed by atoms with E-state index in [4.69, 9.17) is 0 Å². The highest BCUT2D eigenvalue weighted by Crippen LogP contribution is 2.31. The highest BCUT2D eigenvalue weighted by atomic mass is 32.2. The van der Waals surface area contributed by atoms with Crippen molar-refractivity contribution in [1.29, 1.82) is 0 Å². The smallest absolute Gasteiger partial charge is 0.250 e. The molecule has 3 rings (SSSR count). The second-order valence-electron chi connectivity index (χ2n) is 6.24. The van der Waals surface area contributed by atoms with Gasteiger partial charge in [0, 0.05) is 30.9 Å². The maximum absolute atomic E-state index is 12.6. The van der Waals surface area contributed by atoms with E-state index >= 15 is 0 Å². The minimum Gasteiger partial charge on any atom is -0.338 e. The molecule has 0 atom stereocenters. The highest BCUT2D eigenvalue weighted by molar-refractivity contribution is 7.91. The summed E-state index contributed by atoms with van der Waals surface area (Å²) in [5.74, 6) is 0.110. The van der Waals surface area contributed by atoms with Gasteiger partial charge in [-0.1, -0.05) is 36.8 Å². The molecule has 1 aliphatic heterocycles. The van der Waals surface area contributed by atoms with Gasteiger partial charge in [-0.2, -0.15) is 0 Å². The number of hydrogen-bond donors (Lipinski definition) is 1. The van der Waals surface area contributed by atoms with Gasteiger partial charge in [0.25, 0.3) is 0 Å². The van der Waals surface area contributed by atoms with E-state index in [-0.39, 0.29) is 12.5 Å². The van der Waals surface area contributed by atoms with Crippen molar-refractivity contribution in [3.63, 3.8) is 0 Å². The molecule has 0 saturated carbocycles. The Labute approximate surface area is 152 Å². The molecule has 1 aromatic heterocycles. The number of carbonyl (C=O) groups excluding carboxylic acids is 1. The summed E-state index contributed by atoms with van der Waals surface area (Å²) in [5, 5.41) is 0. The third-order valence-electron chi connectivity index (χ3n) is 4.35. The standard InChI is InChI=1S/C18H22N2O3S2/c1-3-17(21)20-9-8-16-15(12-20)10-18(24-16)25(22,23)19-11-14-6-4-13(2)5-7-14/h4-7,10,19H,3,8-9,11-12H2,1-2H3. The Hall–Kier alpha value is -1.70. The largest absolute Gasteiger partial charge is 0.338 e. The van der Waals surface area contributed by atoms with Gasteiger partial charge in [-0.15, -0.1) is 11.3 Å². The molecule has 0 spiro atoms. The number of thiophene rings is 1. The molecule has 0 unspecified atom stereocenters. The van der Waals surface area contributed by atoms with E-state index in [2.05, 4.69) is 4.72 Å². The fourth-order valence-electron chi connectivity index (χ4n) is 2.83. The molecule has 2 heterocycles. The first kappa shape index (κ1) is 18.1. The number of hydrogen-bond acceptors (Lipinski definition) is 4. The molecule has 1 N–H and O–H groups in total. The minimum absolute atomic E-state index is 0.110. The first-order valence-corrected chi connectivity index (χ1v) is 10.6. The number of fused-ring (bicyclic) bond motifs is 1. The van der Waals surface area contributed by atoms with Crippen molar-refractivity contribution in [3.8, 4) is 0 Å². The molecule has 1 aromatic carbocycles. The Balaban J connectivity index is 1.72. The molecule has 0 radical (unpaired) electrons. The lowest BCUT2D eigenvalue weighted by Crippen LogP contribution is -2.34. The normalized spacial score (nSPS) is 14.4. The van der Waals surface area contributed by atoms with Crippen molar-refractivity contribution in [2.24, 2.45) is 0 Å². The van der Waals surface area contributed by atoms with Gasteiger partial charge in [-0.05, 0) is 30.5 Å².